The number of amides is 1. The van der Waals surface area contributed by atoms with Crippen LogP contribution in [0.5, 0.6) is 11.8 Å². The Labute approximate surface area is 307 Å². The van der Waals surface area contributed by atoms with Crippen molar-refractivity contribution in [2.24, 2.45) is 10.8 Å². The van der Waals surface area contributed by atoms with E-state index in [-0.39, 0.29) is 40.6 Å². The molecular formula is C40H46F3N7O3. The summed E-state index contributed by atoms with van der Waals surface area (Å²) in [5.41, 5.74) is 10.7. The SMILES string of the molecule is C=CC(=O)N1CC2(CCN(c3nc(O[C@H]4C[C@@H](N5CC6(CC6)C5)C4)nc4c(OCC(F)(F)F)c(-c5c(C)ccc(N)c5C=N)c(C5CC5)cc34)CC2)C1. The van der Waals surface area contributed by atoms with E-state index in [0.29, 0.717) is 71.2 Å². The van der Waals surface area contributed by atoms with Crippen molar-refractivity contribution in [1.29, 1.82) is 5.41 Å². The Hall–Kier alpha value is -4.39. The summed E-state index contributed by atoms with van der Waals surface area (Å²) in [7, 11) is 0. The highest BCUT2D eigenvalue weighted by Crippen LogP contribution is 2.56. The van der Waals surface area contributed by atoms with Gasteiger partial charge in [-0.05, 0) is 91.7 Å². The van der Waals surface area contributed by atoms with Crippen LogP contribution in [0.2, 0.25) is 0 Å². The Kier molecular flexibility index (Phi) is 8.00. The van der Waals surface area contributed by atoms with E-state index in [1.165, 1.54) is 18.9 Å². The van der Waals surface area contributed by atoms with Crippen molar-refractivity contribution in [1.82, 2.24) is 19.8 Å². The number of hydrogen-bond donors (Lipinski definition) is 2. The van der Waals surface area contributed by atoms with Gasteiger partial charge >= 0.3 is 12.2 Å². The first kappa shape index (κ1) is 34.4. The van der Waals surface area contributed by atoms with Crippen molar-refractivity contribution in [3.05, 3.63) is 47.5 Å². The highest BCUT2D eigenvalue weighted by Gasteiger charge is 2.55. The van der Waals surface area contributed by atoms with Crippen molar-refractivity contribution in [3.63, 3.8) is 0 Å². The van der Waals surface area contributed by atoms with E-state index >= 15 is 0 Å². The molecule has 0 radical (unpaired) electrons. The summed E-state index contributed by atoms with van der Waals surface area (Å²) in [6, 6.07) is 6.17. The Bertz CT molecular complexity index is 2000. The molecule has 0 unspecified atom stereocenters. The molecule has 53 heavy (non-hydrogen) atoms. The molecule has 6 aliphatic rings. The zero-order valence-corrected chi connectivity index (χ0v) is 30.1. The maximum atomic E-state index is 14.0. The van der Waals surface area contributed by atoms with Crippen LogP contribution in [-0.4, -0.2) is 96.1 Å². The summed E-state index contributed by atoms with van der Waals surface area (Å²) in [6.45, 7) is 9.01. The zero-order valence-electron chi connectivity index (χ0n) is 30.1. The van der Waals surface area contributed by atoms with Gasteiger partial charge in [0.25, 0.3) is 0 Å². The third-order valence-electron chi connectivity index (χ3n) is 12.8. The van der Waals surface area contributed by atoms with E-state index in [2.05, 4.69) is 16.4 Å². The van der Waals surface area contributed by atoms with Crippen LogP contribution in [0.15, 0.2) is 30.9 Å². The third-order valence-corrected chi connectivity index (χ3v) is 12.8. The normalized spacial score (nSPS) is 24.4. The zero-order chi connectivity index (χ0) is 36.9. The van der Waals surface area contributed by atoms with E-state index in [0.717, 1.165) is 69.0 Å². The molecule has 0 bridgehead atoms. The van der Waals surface area contributed by atoms with Gasteiger partial charge in [-0.15, -0.1) is 0 Å². The molecule has 3 saturated carbocycles. The standard InChI is InChI=1S/C40H46F3N7O3/c1-3-31(51)50-20-39(21-50)10-12-48(13-11-39)36-28-16-27(24-5-6-24)33(32-23(2)4-7-30(45)29(32)17-44)35(52-22-40(41,42)43)34(28)46-37(47-36)53-26-14-25(15-26)49-18-38(19-49)8-9-38/h3-4,7,16-17,24-26,44H,1,5-6,8-15,18-22,45H2,2H3/t25-,26+. The van der Waals surface area contributed by atoms with E-state index in [1.807, 2.05) is 24.0 Å². The van der Waals surface area contributed by atoms with Crippen LogP contribution in [0.4, 0.5) is 24.7 Å². The number of rotatable bonds is 10. The highest BCUT2D eigenvalue weighted by atomic mass is 19.4. The smallest absolute Gasteiger partial charge is 0.422 e. The number of carbonyl (C=O) groups is 1. The quantitative estimate of drug-likeness (QED) is 0.136. The topological polar surface area (TPSA) is 121 Å². The average Bonchev–Trinajstić information content (AvgIpc) is 4.02. The highest BCUT2D eigenvalue weighted by molar-refractivity contribution is 6.05. The van der Waals surface area contributed by atoms with Crippen LogP contribution in [0.1, 0.15) is 74.0 Å². The number of likely N-dealkylation sites (tertiary alicyclic amines) is 2. The molecule has 3 N–H and O–H groups in total. The van der Waals surface area contributed by atoms with Crippen molar-refractivity contribution in [2.75, 3.05) is 56.5 Å². The molecular weight excluding hydrogens is 683 g/mol. The molecule has 13 heteroatoms. The Morgan fingerprint density at radius 2 is 1.75 bits per heavy atom. The number of piperidine rings is 1. The molecule has 3 aliphatic carbocycles. The lowest BCUT2D eigenvalue weighted by molar-refractivity contribution is -0.153. The molecule has 4 heterocycles. The summed E-state index contributed by atoms with van der Waals surface area (Å²) in [5.74, 6) is 0.675. The fourth-order valence-electron chi connectivity index (χ4n) is 9.22. The number of aromatic nitrogens is 2. The number of anilines is 2. The van der Waals surface area contributed by atoms with Gasteiger partial charge in [0.2, 0.25) is 5.91 Å². The fourth-order valence-corrected chi connectivity index (χ4v) is 9.22. The van der Waals surface area contributed by atoms with Crippen molar-refractivity contribution in [2.45, 2.75) is 82.5 Å². The number of nitrogen functional groups attached to an aromatic ring is 1. The third kappa shape index (κ3) is 6.18. The first-order chi connectivity index (χ1) is 25.4. The number of ether oxygens (including phenoxy) is 2. The lowest BCUT2D eigenvalue weighted by Crippen LogP contribution is -2.61. The largest absolute Gasteiger partial charge is 0.481 e. The molecule has 3 aliphatic heterocycles. The van der Waals surface area contributed by atoms with E-state index in [1.54, 1.807) is 6.07 Å². The lowest BCUT2D eigenvalue weighted by Gasteiger charge is -2.54. The summed E-state index contributed by atoms with van der Waals surface area (Å²) in [5, 5.41) is 8.91. The molecule has 1 amide bonds. The maximum Gasteiger partial charge on any atom is 0.422 e. The summed E-state index contributed by atoms with van der Waals surface area (Å²) >= 11 is 0. The van der Waals surface area contributed by atoms with Gasteiger partial charge in [0.1, 0.15) is 17.4 Å². The number of halogens is 3. The van der Waals surface area contributed by atoms with E-state index in [9.17, 15) is 18.0 Å². The molecule has 6 fully saturated rings. The molecule has 10 nitrogen and oxygen atoms in total. The van der Waals surface area contributed by atoms with Gasteiger partial charge in [0, 0.05) is 92.0 Å². The van der Waals surface area contributed by atoms with Crippen molar-refractivity contribution in [3.8, 4) is 22.9 Å². The lowest BCUT2D eigenvalue weighted by atomic mass is 9.72. The second kappa shape index (κ2) is 12.3. The summed E-state index contributed by atoms with van der Waals surface area (Å²) in [6.07, 6.45) is 5.61. The number of aryl methyl sites for hydroxylation is 1. The van der Waals surface area contributed by atoms with Crippen LogP contribution in [0.3, 0.4) is 0 Å². The van der Waals surface area contributed by atoms with Gasteiger partial charge in [-0.1, -0.05) is 12.6 Å². The number of nitrogens with zero attached hydrogens (tertiary/aromatic N) is 5. The minimum atomic E-state index is -4.61. The van der Waals surface area contributed by atoms with Gasteiger partial charge in [0.15, 0.2) is 12.4 Å². The first-order valence-corrected chi connectivity index (χ1v) is 18.9. The van der Waals surface area contributed by atoms with Crippen molar-refractivity contribution >= 4 is 34.5 Å². The average molecular weight is 730 g/mol. The number of carbonyl (C=O) groups excluding carboxylic acids is 1. The summed E-state index contributed by atoms with van der Waals surface area (Å²) in [4.78, 5) is 28.7. The predicted octanol–water partition coefficient (Wildman–Crippen LogP) is 6.62. The van der Waals surface area contributed by atoms with Crippen LogP contribution < -0.4 is 20.1 Å². The van der Waals surface area contributed by atoms with E-state index in [4.69, 9.17) is 30.6 Å². The number of fused-ring (bicyclic) bond motifs is 1. The molecule has 9 rings (SSSR count). The molecule has 3 aromatic rings. The molecule has 3 saturated heterocycles. The Balaban J connectivity index is 1.14. The minimum absolute atomic E-state index is 0.0138. The Morgan fingerprint density at radius 1 is 1.06 bits per heavy atom. The second-order valence-corrected chi connectivity index (χ2v) is 16.6. The number of nitrogens with two attached hydrogens (primary N) is 1. The number of alkyl halides is 3. The minimum Gasteiger partial charge on any atom is -0.481 e. The Morgan fingerprint density at radius 3 is 2.38 bits per heavy atom. The first-order valence-electron chi connectivity index (χ1n) is 18.9. The molecule has 2 spiro atoms. The predicted molar refractivity (Wildman–Crippen MR) is 197 cm³/mol. The molecule has 1 aromatic heterocycles. The van der Waals surface area contributed by atoms with Gasteiger partial charge in [-0.2, -0.15) is 23.1 Å². The van der Waals surface area contributed by atoms with E-state index < -0.39 is 12.8 Å². The van der Waals surface area contributed by atoms with Gasteiger partial charge in [0.05, 0.1) is 0 Å². The van der Waals surface area contributed by atoms with Crippen molar-refractivity contribution < 1.29 is 27.4 Å². The van der Waals surface area contributed by atoms with Gasteiger partial charge in [-0.25, -0.2) is 0 Å². The molecule has 0 atom stereocenters. The maximum absolute atomic E-state index is 14.0. The number of benzene rings is 2. The van der Waals surface area contributed by atoms with Crippen LogP contribution in [0.25, 0.3) is 22.0 Å². The van der Waals surface area contributed by atoms with Gasteiger partial charge < -0.3 is 30.4 Å². The number of nitrogens with one attached hydrogen (secondary N) is 1. The molecule has 280 valence electrons. The van der Waals surface area contributed by atoms with Crippen LogP contribution in [0, 0.1) is 23.2 Å². The van der Waals surface area contributed by atoms with Crippen LogP contribution >= 0.6 is 0 Å². The monoisotopic (exact) mass is 729 g/mol. The van der Waals surface area contributed by atoms with Crippen LogP contribution in [-0.2, 0) is 4.79 Å². The molecule has 2 aromatic carbocycles. The number of hydrogen-bond acceptors (Lipinski definition) is 9. The fraction of sp³-hybridized carbons (Fsp3) is 0.550. The summed E-state index contributed by atoms with van der Waals surface area (Å²) < 4.78 is 54.5. The second-order valence-electron chi connectivity index (χ2n) is 16.6. The van der Waals surface area contributed by atoms with Gasteiger partial charge in [-0.3, -0.25) is 9.69 Å².